The molecule has 35 heavy (non-hydrogen) atoms. The van der Waals surface area contributed by atoms with Gasteiger partial charge in [-0.05, 0) is 60.2 Å². The summed E-state index contributed by atoms with van der Waals surface area (Å²) in [4.78, 5) is 27.0. The van der Waals surface area contributed by atoms with Crippen molar-refractivity contribution in [3.63, 3.8) is 0 Å². The summed E-state index contributed by atoms with van der Waals surface area (Å²) in [7, 11) is 1.42. The maximum absolute atomic E-state index is 14.5. The largest absolute Gasteiger partial charge is 0.326 e. The van der Waals surface area contributed by atoms with Gasteiger partial charge in [0, 0.05) is 24.3 Å². The number of hydrogen-bond donors (Lipinski definition) is 1. The molecule has 3 aromatic carbocycles. The van der Waals surface area contributed by atoms with Crippen molar-refractivity contribution in [3.05, 3.63) is 92.4 Å². The van der Waals surface area contributed by atoms with E-state index in [2.05, 4.69) is 5.32 Å². The molecule has 0 radical (unpaired) electrons. The number of hydrogen-bond acceptors (Lipinski definition) is 2. The number of halogens is 7. The first-order valence-corrected chi connectivity index (χ1v) is 12.0. The quantitative estimate of drug-likeness (QED) is 0.249. The van der Waals surface area contributed by atoms with E-state index in [1.54, 1.807) is 0 Å². The molecule has 2 amide bonds. The van der Waals surface area contributed by atoms with Crippen molar-refractivity contribution in [2.45, 2.75) is 10.3 Å². The summed E-state index contributed by atoms with van der Waals surface area (Å²) in [5.41, 5.74) is 0.765. The minimum Gasteiger partial charge on any atom is -0.326 e. The zero-order valence-corrected chi connectivity index (χ0v) is 21.5. The monoisotopic (exact) mass is 576 g/mol. The number of nitrogens with one attached hydrogen (secondary N) is 1. The third-order valence-electron chi connectivity index (χ3n) is 5.68. The van der Waals surface area contributed by atoms with Gasteiger partial charge >= 0.3 is 0 Å². The van der Waals surface area contributed by atoms with Crippen molar-refractivity contribution in [2.24, 2.45) is 5.92 Å². The van der Waals surface area contributed by atoms with Gasteiger partial charge in [-0.15, -0.1) is 23.2 Å². The van der Waals surface area contributed by atoms with E-state index >= 15 is 0 Å². The molecular formula is C24H15Cl5F2N2O2. The normalized spacial score (nSPS) is 18.2. The Hall–Kier alpha value is -2.09. The summed E-state index contributed by atoms with van der Waals surface area (Å²) >= 11 is 30.9. The molecule has 4 rings (SSSR count). The predicted octanol–water partition coefficient (Wildman–Crippen LogP) is 7.73. The summed E-state index contributed by atoms with van der Waals surface area (Å²) < 4.78 is 26.2. The number of benzene rings is 3. The number of nitrogens with zero attached hydrogens (tertiary/aromatic N) is 1. The smallest absolute Gasteiger partial charge is 0.261 e. The average molecular weight is 579 g/mol. The van der Waals surface area contributed by atoms with Gasteiger partial charge in [0.2, 0.25) is 5.91 Å². The molecule has 0 heterocycles. The van der Waals surface area contributed by atoms with Crippen molar-refractivity contribution in [1.29, 1.82) is 0 Å². The van der Waals surface area contributed by atoms with Crippen LogP contribution in [0.15, 0.2) is 54.6 Å². The number of anilines is 2. The number of carbonyl (C=O) groups excluding carboxylic acids is 2. The Bertz CT molecular complexity index is 1310. The molecule has 1 aliphatic carbocycles. The zero-order chi connectivity index (χ0) is 25.7. The van der Waals surface area contributed by atoms with Crippen LogP contribution in [0.5, 0.6) is 0 Å². The van der Waals surface area contributed by atoms with Gasteiger partial charge < -0.3 is 10.2 Å². The Balaban J connectivity index is 1.54. The highest BCUT2D eigenvalue weighted by Crippen LogP contribution is 2.65. The first kappa shape index (κ1) is 26.0. The van der Waals surface area contributed by atoms with E-state index in [-0.39, 0.29) is 26.3 Å². The summed E-state index contributed by atoms with van der Waals surface area (Å²) in [5.74, 6) is -3.99. The fourth-order valence-electron chi connectivity index (χ4n) is 3.77. The highest BCUT2D eigenvalue weighted by atomic mass is 35.5. The summed E-state index contributed by atoms with van der Waals surface area (Å²) in [6.45, 7) is 0. The van der Waals surface area contributed by atoms with E-state index in [0.29, 0.717) is 11.3 Å². The highest BCUT2D eigenvalue weighted by molar-refractivity contribution is 6.54. The Morgan fingerprint density at radius 3 is 2.14 bits per heavy atom. The van der Waals surface area contributed by atoms with Gasteiger partial charge in [0.05, 0.1) is 26.5 Å². The van der Waals surface area contributed by atoms with E-state index < -0.39 is 39.6 Å². The Labute approximate surface area is 224 Å². The maximum Gasteiger partial charge on any atom is 0.261 e. The molecule has 3 aromatic rings. The van der Waals surface area contributed by atoms with Crippen LogP contribution in [0, 0.1) is 17.6 Å². The molecule has 182 valence electrons. The summed E-state index contributed by atoms with van der Waals surface area (Å²) in [6.07, 6.45) is 0. The van der Waals surface area contributed by atoms with Crippen LogP contribution in [0.1, 0.15) is 21.8 Å². The van der Waals surface area contributed by atoms with Gasteiger partial charge in [0.25, 0.3) is 5.91 Å². The van der Waals surface area contributed by atoms with Gasteiger partial charge in [-0.3, -0.25) is 9.59 Å². The molecule has 4 nitrogen and oxygen atoms in total. The van der Waals surface area contributed by atoms with Crippen LogP contribution in [-0.4, -0.2) is 23.2 Å². The number of carbonyl (C=O) groups is 2. The second-order valence-electron chi connectivity index (χ2n) is 7.95. The molecule has 2 atom stereocenters. The van der Waals surface area contributed by atoms with Crippen molar-refractivity contribution < 1.29 is 18.4 Å². The molecule has 0 aromatic heterocycles. The molecule has 1 saturated carbocycles. The number of amides is 2. The lowest BCUT2D eigenvalue weighted by Crippen LogP contribution is -2.27. The standard InChI is InChI=1S/C24H15Cl5F2N2O2/c1-33(14-5-2-12(30)3-6-14)23(35)15-10-13(4-7-18(15)31)32-22(34)20-19(24(20,28)29)11-8-16(25)21(27)17(26)9-11/h2-10,19-20H,1H3,(H,32,34)/t19-,20+/m0/s1. The van der Waals surface area contributed by atoms with Crippen LogP contribution in [-0.2, 0) is 4.79 Å². The first-order chi connectivity index (χ1) is 16.4. The van der Waals surface area contributed by atoms with E-state index in [9.17, 15) is 18.4 Å². The third-order valence-corrected chi connectivity index (χ3v) is 7.82. The Morgan fingerprint density at radius 2 is 1.54 bits per heavy atom. The molecule has 1 fully saturated rings. The van der Waals surface area contributed by atoms with Crippen LogP contribution in [0.4, 0.5) is 20.2 Å². The maximum atomic E-state index is 14.5. The van der Waals surface area contributed by atoms with Crippen molar-refractivity contribution >= 4 is 81.2 Å². The van der Waals surface area contributed by atoms with E-state index in [4.69, 9.17) is 58.0 Å². The lowest BCUT2D eigenvalue weighted by Gasteiger charge is -2.18. The lowest BCUT2D eigenvalue weighted by molar-refractivity contribution is -0.117. The molecular weight excluding hydrogens is 564 g/mol. The van der Waals surface area contributed by atoms with Crippen LogP contribution in [0.3, 0.4) is 0 Å². The topological polar surface area (TPSA) is 49.4 Å². The van der Waals surface area contributed by atoms with Crippen LogP contribution < -0.4 is 10.2 Å². The third kappa shape index (κ3) is 5.09. The lowest BCUT2D eigenvalue weighted by atomic mass is 10.1. The van der Waals surface area contributed by atoms with Gasteiger partial charge in [-0.1, -0.05) is 34.8 Å². The SMILES string of the molecule is CN(C(=O)c1cc(NC(=O)[C@H]2[C@H](c3cc(Cl)c(Cl)c(Cl)c3)C2(Cl)Cl)ccc1F)c1ccc(F)cc1. The summed E-state index contributed by atoms with van der Waals surface area (Å²) in [6, 6.07) is 11.8. The van der Waals surface area contributed by atoms with Gasteiger partial charge in [-0.25, -0.2) is 8.78 Å². The van der Waals surface area contributed by atoms with E-state index in [1.165, 1.54) is 55.6 Å². The minimum atomic E-state index is -1.44. The van der Waals surface area contributed by atoms with Crippen LogP contribution in [0.25, 0.3) is 0 Å². The fourth-order valence-corrected chi connectivity index (χ4v) is 5.21. The number of rotatable bonds is 5. The second-order valence-corrected chi connectivity index (χ2v) is 10.6. The highest BCUT2D eigenvalue weighted by Gasteiger charge is 2.67. The molecule has 1 N–H and O–H groups in total. The number of alkyl halides is 2. The Kier molecular flexibility index (Phi) is 7.24. The van der Waals surface area contributed by atoms with Gasteiger partial charge in [0.1, 0.15) is 16.0 Å². The van der Waals surface area contributed by atoms with E-state index in [0.717, 1.165) is 11.0 Å². The second kappa shape index (κ2) is 9.75. The van der Waals surface area contributed by atoms with Crippen molar-refractivity contribution in [1.82, 2.24) is 0 Å². The predicted molar refractivity (Wildman–Crippen MR) is 136 cm³/mol. The average Bonchev–Trinajstić information content (AvgIpc) is 3.40. The zero-order valence-electron chi connectivity index (χ0n) is 17.8. The fraction of sp³-hybridized carbons (Fsp3) is 0.167. The van der Waals surface area contributed by atoms with Gasteiger partial charge in [-0.2, -0.15) is 0 Å². The summed E-state index contributed by atoms with van der Waals surface area (Å²) in [5, 5.41) is 3.17. The van der Waals surface area contributed by atoms with Crippen LogP contribution >= 0.6 is 58.0 Å². The molecule has 0 saturated heterocycles. The molecule has 0 unspecified atom stereocenters. The van der Waals surface area contributed by atoms with E-state index in [1.807, 2.05) is 0 Å². The molecule has 0 aliphatic heterocycles. The molecule has 0 bridgehead atoms. The molecule has 11 heteroatoms. The first-order valence-electron chi connectivity index (χ1n) is 10.1. The molecule has 0 spiro atoms. The van der Waals surface area contributed by atoms with Gasteiger partial charge in [0.15, 0.2) is 0 Å². The van der Waals surface area contributed by atoms with Crippen molar-refractivity contribution in [3.8, 4) is 0 Å². The van der Waals surface area contributed by atoms with Crippen LogP contribution in [0.2, 0.25) is 15.1 Å². The molecule has 1 aliphatic rings. The minimum absolute atomic E-state index is 0.161. The Morgan fingerprint density at radius 1 is 0.943 bits per heavy atom. The van der Waals surface area contributed by atoms with Crippen molar-refractivity contribution in [2.75, 3.05) is 17.3 Å².